The van der Waals surface area contributed by atoms with Gasteiger partial charge in [-0.15, -0.1) is 0 Å². The first-order valence-corrected chi connectivity index (χ1v) is 11.4. The fourth-order valence-corrected chi connectivity index (χ4v) is 4.71. The number of rotatable bonds is 9. The lowest BCUT2D eigenvalue weighted by molar-refractivity contribution is -0.123. The second-order valence-corrected chi connectivity index (χ2v) is 8.52. The molecule has 1 nitrogen and oxygen atoms in total. The Morgan fingerprint density at radius 1 is 0.594 bits per heavy atom. The van der Waals surface area contributed by atoms with Crippen LogP contribution in [-0.2, 0) is 23.1 Å². The number of hydrogen-bond donors (Lipinski definition) is 0. The van der Waals surface area contributed by atoms with Gasteiger partial charge in [0.05, 0.1) is 5.41 Å². The predicted octanol–water partition coefficient (Wildman–Crippen LogP) is 7.45. The van der Waals surface area contributed by atoms with Crippen LogP contribution in [0.2, 0.25) is 0 Å². The third kappa shape index (κ3) is 4.89. The van der Waals surface area contributed by atoms with E-state index in [2.05, 4.69) is 97.1 Å². The van der Waals surface area contributed by atoms with Crippen LogP contribution in [0.25, 0.3) is 11.1 Å². The average molecular weight is 419 g/mol. The zero-order valence-corrected chi connectivity index (χ0v) is 18.7. The van der Waals surface area contributed by atoms with Gasteiger partial charge in [0.1, 0.15) is 5.78 Å². The number of carbonyl (C=O) groups excluding carboxylic acids is 1. The molecule has 0 unspecified atom stereocenters. The van der Waals surface area contributed by atoms with E-state index >= 15 is 0 Å². The van der Waals surface area contributed by atoms with Crippen molar-refractivity contribution in [2.24, 2.45) is 0 Å². The summed E-state index contributed by atoms with van der Waals surface area (Å²) in [6, 6.07) is 39.9. The Kier molecular flexibility index (Phi) is 6.97. The van der Waals surface area contributed by atoms with Gasteiger partial charge in [-0.1, -0.05) is 115 Å². The fraction of sp³-hybridized carbons (Fsp3) is 0.194. The minimum absolute atomic E-state index is 0.243. The molecule has 0 bridgehead atoms. The normalized spacial score (nSPS) is 11.3. The van der Waals surface area contributed by atoms with E-state index < -0.39 is 5.41 Å². The summed E-state index contributed by atoms with van der Waals surface area (Å²) >= 11 is 0. The molecule has 0 aliphatic rings. The van der Waals surface area contributed by atoms with Crippen molar-refractivity contribution < 1.29 is 4.79 Å². The molecule has 160 valence electrons. The van der Waals surface area contributed by atoms with Crippen molar-refractivity contribution in [1.82, 2.24) is 0 Å². The van der Waals surface area contributed by atoms with Crippen molar-refractivity contribution in [2.75, 3.05) is 0 Å². The Labute approximate surface area is 191 Å². The van der Waals surface area contributed by atoms with Crippen molar-refractivity contribution >= 4 is 5.78 Å². The van der Waals surface area contributed by atoms with E-state index in [4.69, 9.17) is 0 Å². The molecule has 32 heavy (non-hydrogen) atoms. The number of ketones is 1. The summed E-state index contributed by atoms with van der Waals surface area (Å²) < 4.78 is 0. The monoisotopic (exact) mass is 418 g/mol. The maximum Gasteiger partial charge on any atom is 0.140 e. The molecule has 0 aliphatic carbocycles. The maximum atomic E-state index is 13.5. The van der Waals surface area contributed by atoms with Gasteiger partial charge in [-0.25, -0.2) is 0 Å². The van der Waals surface area contributed by atoms with E-state index in [9.17, 15) is 4.79 Å². The van der Waals surface area contributed by atoms with Crippen LogP contribution in [0.15, 0.2) is 115 Å². The minimum Gasteiger partial charge on any atom is -0.299 e. The molecule has 0 saturated heterocycles. The topological polar surface area (TPSA) is 17.1 Å². The van der Waals surface area contributed by atoms with Crippen molar-refractivity contribution in [1.29, 1.82) is 0 Å². The molecule has 0 saturated carbocycles. The SMILES string of the molecule is CC(=O)C(CCc1ccccc1)(CCc1ccccc1)c1ccccc1-c1ccccc1. The summed E-state index contributed by atoms with van der Waals surface area (Å²) in [7, 11) is 0. The van der Waals surface area contributed by atoms with Crippen LogP contribution >= 0.6 is 0 Å². The first-order valence-electron chi connectivity index (χ1n) is 11.4. The van der Waals surface area contributed by atoms with Gasteiger partial charge < -0.3 is 0 Å². The molecular formula is C31H30O. The van der Waals surface area contributed by atoms with E-state index in [1.807, 2.05) is 18.2 Å². The first-order chi connectivity index (χ1) is 15.7. The lowest BCUT2D eigenvalue weighted by Crippen LogP contribution is -2.36. The van der Waals surface area contributed by atoms with Gasteiger partial charge in [-0.2, -0.15) is 0 Å². The zero-order valence-electron chi connectivity index (χ0n) is 18.7. The number of hydrogen-bond acceptors (Lipinski definition) is 1. The Morgan fingerprint density at radius 3 is 1.53 bits per heavy atom. The summed E-state index contributed by atoms with van der Waals surface area (Å²) in [4.78, 5) is 13.5. The van der Waals surface area contributed by atoms with Crippen LogP contribution in [0.1, 0.15) is 36.5 Å². The van der Waals surface area contributed by atoms with E-state index in [-0.39, 0.29) is 5.78 Å². The van der Waals surface area contributed by atoms with Gasteiger partial charge in [0, 0.05) is 0 Å². The van der Waals surface area contributed by atoms with Crippen molar-refractivity contribution in [2.45, 2.75) is 38.0 Å². The number of Topliss-reactive ketones (excluding diaryl/α,β-unsaturated/α-hetero) is 1. The second kappa shape index (κ2) is 10.2. The molecule has 4 aromatic rings. The van der Waals surface area contributed by atoms with Crippen LogP contribution < -0.4 is 0 Å². The minimum atomic E-state index is -0.544. The third-order valence-electron chi connectivity index (χ3n) is 6.57. The molecule has 4 rings (SSSR count). The van der Waals surface area contributed by atoms with Crippen molar-refractivity contribution in [3.8, 4) is 11.1 Å². The molecule has 0 aliphatic heterocycles. The van der Waals surface area contributed by atoms with Gasteiger partial charge in [-0.3, -0.25) is 4.79 Å². The highest BCUT2D eigenvalue weighted by molar-refractivity contribution is 5.91. The van der Waals surface area contributed by atoms with E-state index in [1.54, 1.807) is 6.92 Å². The standard InChI is InChI=1S/C31H30O/c1-25(32)31(23-21-26-13-5-2-6-14-26,24-22-27-15-7-3-8-16-27)30-20-12-11-19-29(30)28-17-9-4-10-18-28/h2-20H,21-24H2,1H3. The first kappa shape index (κ1) is 21.8. The smallest absolute Gasteiger partial charge is 0.140 e. The Balaban J connectivity index is 1.78. The molecule has 0 atom stereocenters. The molecule has 0 fully saturated rings. The second-order valence-electron chi connectivity index (χ2n) is 8.52. The van der Waals surface area contributed by atoms with Crippen molar-refractivity contribution in [3.05, 3.63) is 132 Å². The Hall–Kier alpha value is -3.45. The number of benzene rings is 4. The van der Waals surface area contributed by atoms with E-state index in [0.29, 0.717) is 0 Å². The van der Waals surface area contributed by atoms with Crippen LogP contribution in [0.3, 0.4) is 0 Å². The summed E-state index contributed by atoms with van der Waals surface area (Å²) in [5.74, 6) is 0.243. The molecular weight excluding hydrogens is 388 g/mol. The molecule has 4 aromatic carbocycles. The quantitative estimate of drug-likeness (QED) is 0.276. The Morgan fingerprint density at radius 2 is 1.03 bits per heavy atom. The van der Waals surface area contributed by atoms with Gasteiger partial charge in [-0.05, 0) is 60.4 Å². The molecule has 0 spiro atoms. The average Bonchev–Trinajstić information content (AvgIpc) is 2.86. The van der Waals surface area contributed by atoms with Crippen LogP contribution in [0, 0.1) is 0 Å². The van der Waals surface area contributed by atoms with Gasteiger partial charge in [0.25, 0.3) is 0 Å². The summed E-state index contributed by atoms with van der Waals surface area (Å²) in [6.07, 6.45) is 3.34. The van der Waals surface area contributed by atoms with E-state index in [0.717, 1.165) is 42.4 Å². The van der Waals surface area contributed by atoms with E-state index in [1.165, 1.54) is 11.1 Å². The number of aryl methyl sites for hydroxylation is 2. The molecule has 1 heteroatoms. The van der Waals surface area contributed by atoms with Crippen LogP contribution in [-0.4, -0.2) is 5.78 Å². The van der Waals surface area contributed by atoms with Crippen LogP contribution in [0.5, 0.6) is 0 Å². The molecule has 0 radical (unpaired) electrons. The molecule has 0 aromatic heterocycles. The van der Waals surface area contributed by atoms with Gasteiger partial charge in [0.15, 0.2) is 0 Å². The zero-order chi connectivity index (χ0) is 22.2. The van der Waals surface area contributed by atoms with Gasteiger partial charge in [0.2, 0.25) is 0 Å². The van der Waals surface area contributed by atoms with Gasteiger partial charge >= 0.3 is 0 Å². The predicted molar refractivity (Wildman–Crippen MR) is 134 cm³/mol. The maximum absolute atomic E-state index is 13.5. The Bertz CT molecular complexity index is 1090. The molecule has 0 amide bonds. The largest absolute Gasteiger partial charge is 0.299 e. The fourth-order valence-electron chi connectivity index (χ4n) is 4.71. The molecule has 0 N–H and O–H groups in total. The lowest BCUT2D eigenvalue weighted by Gasteiger charge is -2.34. The summed E-state index contributed by atoms with van der Waals surface area (Å²) in [5.41, 5.74) is 5.46. The molecule has 0 heterocycles. The summed E-state index contributed by atoms with van der Waals surface area (Å²) in [5, 5.41) is 0. The van der Waals surface area contributed by atoms with Crippen molar-refractivity contribution in [3.63, 3.8) is 0 Å². The number of carbonyl (C=O) groups is 1. The summed E-state index contributed by atoms with van der Waals surface area (Å²) in [6.45, 7) is 1.78. The van der Waals surface area contributed by atoms with Crippen LogP contribution in [0.4, 0.5) is 0 Å². The highest BCUT2D eigenvalue weighted by atomic mass is 16.1. The highest BCUT2D eigenvalue weighted by Gasteiger charge is 2.38. The highest BCUT2D eigenvalue weighted by Crippen LogP contribution is 2.41. The lowest BCUT2D eigenvalue weighted by atomic mass is 9.67. The third-order valence-corrected chi connectivity index (χ3v) is 6.57.